The maximum Gasteiger partial charge on any atom is 0.175 e. The molecule has 0 spiro atoms. The lowest BCUT2D eigenvalue weighted by molar-refractivity contribution is 0.193. The van der Waals surface area contributed by atoms with Crippen LogP contribution in [-0.4, -0.2) is 44.7 Å². The molecule has 0 saturated carbocycles. The smallest absolute Gasteiger partial charge is 0.175 e. The zero-order chi connectivity index (χ0) is 15.0. The van der Waals surface area contributed by atoms with E-state index in [1.165, 1.54) is 32.1 Å². The van der Waals surface area contributed by atoms with Crippen molar-refractivity contribution in [3.63, 3.8) is 0 Å². The second-order valence-electron chi connectivity index (χ2n) is 6.16. The summed E-state index contributed by atoms with van der Waals surface area (Å²) in [6.45, 7) is 2.34. The number of benzene rings is 1. The van der Waals surface area contributed by atoms with Gasteiger partial charge >= 0.3 is 0 Å². The summed E-state index contributed by atoms with van der Waals surface area (Å²) in [6.07, 6.45) is 6.15. The van der Waals surface area contributed by atoms with E-state index in [1.54, 1.807) is 18.2 Å². The van der Waals surface area contributed by atoms with Gasteiger partial charge in [0.2, 0.25) is 0 Å². The van der Waals surface area contributed by atoms with E-state index in [2.05, 4.69) is 10.2 Å². The third-order valence-electron chi connectivity index (χ3n) is 4.65. The standard InChI is InChI=1S/C15H23N3O2S/c1-21(19,20)11-5-6-13(12(16)10-11)17-14-7-9-18-8-3-2-4-15(14)18/h5-6,10,14-15,17H,2-4,7-9,16H2,1H3. The monoisotopic (exact) mass is 309 g/mol. The number of piperidine rings is 1. The van der Waals surface area contributed by atoms with Gasteiger partial charge in [-0.05, 0) is 44.0 Å². The number of nitrogen functional groups attached to an aromatic ring is 1. The van der Waals surface area contributed by atoms with Crippen molar-refractivity contribution >= 4 is 21.2 Å². The molecule has 3 rings (SSSR count). The fraction of sp³-hybridized carbons (Fsp3) is 0.600. The Labute approximate surface area is 126 Å². The van der Waals surface area contributed by atoms with Gasteiger partial charge in [-0.2, -0.15) is 0 Å². The van der Waals surface area contributed by atoms with E-state index in [0.717, 1.165) is 18.7 Å². The van der Waals surface area contributed by atoms with E-state index in [1.807, 2.05) is 0 Å². The van der Waals surface area contributed by atoms with Crippen molar-refractivity contribution in [3.8, 4) is 0 Å². The minimum atomic E-state index is -3.20. The molecule has 1 aromatic rings. The molecule has 2 heterocycles. The molecular formula is C15H23N3O2S. The van der Waals surface area contributed by atoms with Gasteiger partial charge in [0.25, 0.3) is 0 Å². The van der Waals surface area contributed by atoms with Crippen LogP contribution in [0, 0.1) is 0 Å². The highest BCUT2D eigenvalue weighted by Gasteiger charge is 2.35. The number of nitrogens with two attached hydrogens (primary N) is 1. The van der Waals surface area contributed by atoms with Gasteiger partial charge in [0.15, 0.2) is 9.84 Å². The van der Waals surface area contributed by atoms with E-state index < -0.39 is 9.84 Å². The SMILES string of the molecule is CS(=O)(=O)c1ccc(NC2CCN3CCCCC23)c(N)c1. The van der Waals surface area contributed by atoms with E-state index in [-0.39, 0.29) is 4.90 Å². The zero-order valence-electron chi connectivity index (χ0n) is 12.4. The first-order valence-electron chi connectivity index (χ1n) is 7.55. The molecule has 0 aromatic heterocycles. The molecule has 2 saturated heterocycles. The second kappa shape index (κ2) is 5.50. The molecule has 0 bridgehead atoms. The number of fused-ring (bicyclic) bond motifs is 1. The van der Waals surface area contributed by atoms with Crippen LogP contribution in [0.3, 0.4) is 0 Å². The maximum atomic E-state index is 11.5. The fourth-order valence-corrected chi connectivity index (χ4v) is 4.17. The van der Waals surface area contributed by atoms with Crippen LogP contribution < -0.4 is 11.1 Å². The normalized spacial score (nSPS) is 26.5. The molecule has 2 unspecified atom stereocenters. The summed E-state index contributed by atoms with van der Waals surface area (Å²) in [5.74, 6) is 0. The Morgan fingerprint density at radius 2 is 2.05 bits per heavy atom. The molecule has 2 aliphatic heterocycles. The van der Waals surface area contributed by atoms with Gasteiger partial charge < -0.3 is 11.1 Å². The average Bonchev–Trinajstić information content (AvgIpc) is 2.83. The van der Waals surface area contributed by atoms with Crippen LogP contribution in [0.15, 0.2) is 23.1 Å². The zero-order valence-corrected chi connectivity index (χ0v) is 13.2. The van der Waals surface area contributed by atoms with Crippen molar-refractivity contribution in [1.82, 2.24) is 4.90 Å². The Hall–Kier alpha value is -1.27. The van der Waals surface area contributed by atoms with Gasteiger partial charge in [-0.3, -0.25) is 4.90 Å². The highest BCUT2D eigenvalue weighted by molar-refractivity contribution is 7.90. The predicted octanol–water partition coefficient (Wildman–Crippen LogP) is 1.71. The van der Waals surface area contributed by atoms with Crippen molar-refractivity contribution in [2.24, 2.45) is 0 Å². The Morgan fingerprint density at radius 1 is 1.24 bits per heavy atom. The van der Waals surface area contributed by atoms with Gasteiger partial charge in [0.1, 0.15) is 0 Å². The summed E-state index contributed by atoms with van der Waals surface area (Å²) in [4.78, 5) is 2.83. The number of hydrogen-bond acceptors (Lipinski definition) is 5. The number of hydrogen-bond donors (Lipinski definition) is 2. The van der Waals surface area contributed by atoms with Crippen LogP contribution in [0.2, 0.25) is 0 Å². The van der Waals surface area contributed by atoms with Crippen molar-refractivity contribution in [1.29, 1.82) is 0 Å². The predicted molar refractivity (Wildman–Crippen MR) is 85.2 cm³/mol. The highest BCUT2D eigenvalue weighted by atomic mass is 32.2. The number of nitrogens with one attached hydrogen (secondary N) is 1. The van der Waals surface area contributed by atoms with Gasteiger partial charge in [0.05, 0.1) is 16.3 Å². The fourth-order valence-electron chi connectivity index (χ4n) is 3.52. The van der Waals surface area contributed by atoms with Crippen molar-refractivity contribution in [2.75, 3.05) is 30.4 Å². The molecule has 116 valence electrons. The van der Waals surface area contributed by atoms with E-state index >= 15 is 0 Å². The maximum absolute atomic E-state index is 11.5. The van der Waals surface area contributed by atoms with Crippen LogP contribution in [0.5, 0.6) is 0 Å². The minimum absolute atomic E-state index is 0.274. The summed E-state index contributed by atoms with van der Waals surface area (Å²) in [5, 5.41) is 3.53. The van der Waals surface area contributed by atoms with E-state index in [4.69, 9.17) is 5.73 Å². The summed E-state index contributed by atoms with van der Waals surface area (Å²) in [6, 6.07) is 5.97. The molecule has 2 atom stereocenters. The molecule has 0 radical (unpaired) electrons. The third-order valence-corrected chi connectivity index (χ3v) is 5.76. The van der Waals surface area contributed by atoms with Crippen molar-refractivity contribution in [2.45, 2.75) is 42.7 Å². The third kappa shape index (κ3) is 3.01. The first kappa shape index (κ1) is 14.7. The van der Waals surface area contributed by atoms with Gasteiger partial charge in [-0.15, -0.1) is 0 Å². The lowest BCUT2D eigenvalue weighted by atomic mass is 9.99. The molecule has 2 fully saturated rings. The van der Waals surface area contributed by atoms with Gasteiger partial charge in [-0.25, -0.2) is 8.42 Å². The Balaban J connectivity index is 1.76. The van der Waals surface area contributed by atoms with Crippen LogP contribution in [0.1, 0.15) is 25.7 Å². The van der Waals surface area contributed by atoms with E-state index in [0.29, 0.717) is 17.8 Å². The first-order valence-corrected chi connectivity index (χ1v) is 9.44. The second-order valence-corrected chi connectivity index (χ2v) is 8.18. The highest BCUT2D eigenvalue weighted by Crippen LogP contribution is 2.31. The number of nitrogens with zero attached hydrogens (tertiary/aromatic N) is 1. The summed E-state index contributed by atoms with van der Waals surface area (Å²) in [7, 11) is -3.20. The Bertz CT molecular complexity index is 630. The number of anilines is 2. The first-order chi connectivity index (χ1) is 9.95. The molecule has 0 amide bonds. The van der Waals surface area contributed by atoms with Crippen molar-refractivity contribution < 1.29 is 8.42 Å². The molecule has 0 aliphatic carbocycles. The Morgan fingerprint density at radius 3 is 2.76 bits per heavy atom. The topological polar surface area (TPSA) is 75.4 Å². The minimum Gasteiger partial charge on any atom is -0.397 e. The van der Waals surface area contributed by atoms with Crippen LogP contribution in [-0.2, 0) is 9.84 Å². The largest absolute Gasteiger partial charge is 0.397 e. The molecule has 5 nitrogen and oxygen atoms in total. The lowest BCUT2D eigenvalue weighted by Gasteiger charge is -2.33. The molecular weight excluding hydrogens is 286 g/mol. The summed E-state index contributed by atoms with van der Waals surface area (Å²) in [5.41, 5.74) is 7.38. The number of sulfone groups is 1. The molecule has 21 heavy (non-hydrogen) atoms. The van der Waals surface area contributed by atoms with Crippen LogP contribution >= 0.6 is 0 Å². The molecule has 6 heteroatoms. The lowest BCUT2D eigenvalue weighted by Crippen LogP contribution is -2.41. The number of rotatable bonds is 3. The van der Waals surface area contributed by atoms with Crippen molar-refractivity contribution in [3.05, 3.63) is 18.2 Å². The summed E-state index contributed by atoms with van der Waals surface area (Å²) < 4.78 is 23.1. The Kier molecular flexibility index (Phi) is 3.84. The molecule has 3 N–H and O–H groups in total. The van der Waals surface area contributed by atoms with Crippen LogP contribution in [0.4, 0.5) is 11.4 Å². The summed E-state index contributed by atoms with van der Waals surface area (Å²) >= 11 is 0. The molecule has 2 aliphatic rings. The average molecular weight is 309 g/mol. The van der Waals surface area contributed by atoms with E-state index in [9.17, 15) is 8.42 Å². The quantitative estimate of drug-likeness (QED) is 0.831. The van der Waals surface area contributed by atoms with Crippen LogP contribution in [0.25, 0.3) is 0 Å². The molecule has 1 aromatic carbocycles. The van der Waals surface area contributed by atoms with Gasteiger partial charge in [0, 0.05) is 24.9 Å². The van der Waals surface area contributed by atoms with Gasteiger partial charge in [-0.1, -0.05) is 6.42 Å².